The molecular formula is C18H18BrN3O3. The molecule has 0 heterocycles. The van der Waals surface area contributed by atoms with Gasteiger partial charge in [-0.25, -0.2) is 5.43 Å². The molecule has 6 nitrogen and oxygen atoms in total. The van der Waals surface area contributed by atoms with Gasteiger partial charge < -0.3 is 10.1 Å². The van der Waals surface area contributed by atoms with Crippen LogP contribution >= 0.6 is 15.9 Å². The molecule has 0 aliphatic heterocycles. The van der Waals surface area contributed by atoms with Crippen LogP contribution in [0.1, 0.15) is 12.5 Å². The first-order valence-corrected chi connectivity index (χ1v) is 8.32. The van der Waals surface area contributed by atoms with E-state index in [1.165, 1.54) is 13.1 Å². The molecule has 2 amide bonds. The highest BCUT2D eigenvalue weighted by molar-refractivity contribution is 9.10. The summed E-state index contributed by atoms with van der Waals surface area (Å²) in [6.07, 6.45) is 1.51. The summed E-state index contributed by atoms with van der Waals surface area (Å²) < 4.78 is 5.96. The molecule has 0 bridgehead atoms. The molecular weight excluding hydrogens is 386 g/mol. The number of ether oxygens (including phenoxy) is 1. The monoisotopic (exact) mass is 403 g/mol. The van der Waals surface area contributed by atoms with E-state index < -0.39 is 17.7 Å². The molecule has 7 heteroatoms. The van der Waals surface area contributed by atoms with Crippen LogP contribution in [0, 0.1) is 5.92 Å². The summed E-state index contributed by atoms with van der Waals surface area (Å²) in [5, 5.41) is 6.55. The highest BCUT2D eigenvalue weighted by atomic mass is 79.9. The number of halogens is 1. The summed E-state index contributed by atoms with van der Waals surface area (Å²) in [7, 11) is 1.56. The Kier molecular flexibility index (Phi) is 6.71. The molecule has 2 N–H and O–H groups in total. The van der Waals surface area contributed by atoms with Crippen LogP contribution in [0.15, 0.2) is 58.1 Å². The van der Waals surface area contributed by atoms with Crippen molar-refractivity contribution in [3.63, 3.8) is 0 Å². The average molecular weight is 404 g/mol. The Hall–Kier alpha value is -2.67. The van der Waals surface area contributed by atoms with Crippen LogP contribution in [0.5, 0.6) is 5.75 Å². The van der Waals surface area contributed by atoms with Crippen LogP contribution < -0.4 is 15.5 Å². The van der Waals surface area contributed by atoms with Crippen molar-refractivity contribution in [1.82, 2.24) is 5.43 Å². The summed E-state index contributed by atoms with van der Waals surface area (Å²) in [5.41, 5.74) is 3.78. The number of nitrogens with one attached hydrogen (secondary N) is 2. The number of carbonyl (C=O) groups excluding carboxylic acids is 2. The molecule has 0 aliphatic rings. The number of benzene rings is 2. The molecule has 25 heavy (non-hydrogen) atoms. The lowest BCUT2D eigenvalue weighted by molar-refractivity contribution is -0.131. The second-order valence-electron chi connectivity index (χ2n) is 5.23. The van der Waals surface area contributed by atoms with E-state index in [0.717, 1.165) is 10.0 Å². The van der Waals surface area contributed by atoms with Crippen LogP contribution in [-0.4, -0.2) is 25.1 Å². The van der Waals surface area contributed by atoms with Crippen LogP contribution in [0.25, 0.3) is 0 Å². The zero-order valence-corrected chi connectivity index (χ0v) is 15.4. The van der Waals surface area contributed by atoms with E-state index in [0.29, 0.717) is 11.4 Å². The Morgan fingerprint density at radius 1 is 1.16 bits per heavy atom. The number of hydrazone groups is 1. The van der Waals surface area contributed by atoms with Crippen LogP contribution in [0.3, 0.4) is 0 Å². The lowest BCUT2D eigenvalue weighted by Gasteiger charge is -2.11. The number of carbonyl (C=O) groups is 2. The van der Waals surface area contributed by atoms with Gasteiger partial charge in [-0.05, 0) is 48.9 Å². The highest BCUT2D eigenvalue weighted by Gasteiger charge is 2.21. The van der Waals surface area contributed by atoms with Gasteiger partial charge in [0.2, 0.25) is 5.91 Å². The Morgan fingerprint density at radius 3 is 2.52 bits per heavy atom. The standard InChI is InChI=1S/C18H18BrN3O3/c1-12(17(23)21-15-6-8-16(25-2)9-7-15)18(24)22-20-11-13-4-3-5-14(19)10-13/h3-12H,1-2H3,(H,21,23)(H,22,24). The zero-order chi connectivity index (χ0) is 18.2. The molecule has 2 aromatic rings. The molecule has 0 spiro atoms. The Morgan fingerprint density at radius 2 is 1.88 bits per heavy atom. The molecule has 0 aromatic heterocycles. The minimum Gasteiger partial charge on any atom is -0.497 e. The van der Waals surface area contributed by atoms with Crippen molar-refractivity contribution in [2.75, 3.05) is 12.4 Å². The van der Waals surface area contributed by atoms with Crippen molar-refractivity contribution in [3.05, 3.63) is 58.6 Å². The van der Waals surface area contributed by atoms with Crippen LogP contribution in [0.4, 0.5) is 5.69 Å². The lowest BCUT2D eigenvalue weighted by Crippen LogP contribution is -2.34. The summed E-state index contributed by atoms with van der Waals surface area (Å²) in [6, 6.07) is 14.3. The minimum absolute atomic E-state index is 0.416. The Bertz CT molecular complexity index is 775. The van der Waals surface area contributed by atoms with Crippen LogP contribution in [-0.2, 0) is 9.59 Å². The summed E-state index contributed by atoms with van der Waals surface area (Å²) in [5.74, 6) is -1.11. The van der Waals surface area contributed by atoms with Gasteiger partial charge in [0.15, 0.2) is 0 Å². The molecule has 2 rings (SSSR count). The van der Waals surface area contributed by atoms with Crippen LogP contribution in [0.2, 0.25) is 0 Å². The molecule has 1 atom stereocenters. The second kappa shape index (κ2) is 8.98. The molecule has 2 aromatic carbocycles. The number of nitrogens with zero attached hydrogens (tertiary/aromatic N) is 1. The van der Waals surface area contributed by atoms with E-state index in [2.05, 4.69) is 31.8 Å². The quantitative estimate of drug-likeness (QED) is 0.441. The summed E-state index contributed by atoms with van der Waals surface area (Å²) >= 11 is 3.36. The third-order valence-corrected chi connectivity index (χ3v) is 3.87. The maximum absolute atomic E-state index is 12.1. The summed E-state index contributed by atoms with van der Waals surface area (Å²) in [4.78, 5) is 24.1. The first-order chi connectivity index (χ1) is 12.0. The van der Waals surface area contributed by atoms with Crippen molar-refractivity contribution < 1.29 is 14.3 Å². The lowest BCUT2D eigenvalue weighted by atomic mass is 10.1. The van der Waals surface area contributed by atoms with Gasteiger partial charge in [0.1, 0.15) is 11.7 Å². The molecule has 1 unspecified atom stereocenters. The topological polar surface area (TPSA) is 79.8 Å². The van der Waals surface area contributed by atoms with E-state index in [4.69, 9.17) is 4.74 Å². The second-order valence-corrected chi connectivity index (χ2v) is 6.14. The fourth-order valence-electron chi connectivity index (χ4n) is 1.90. The van der Waals surface area contributed by atoms with E-state index in [-0.39, 0.29) is 0 Å². The van der Waals surface area contributed by atoms with Crippen molar-refractivity contribution in [1.29, 1.82) is 0 Å². The largest absolute Gasteiger partial charge is 0.497 e. The molecule has 0 saturated carbocycles. The molecule has 0 radical (unpaired) electrons. The number of anilines is 1. The average Bonchev–Trinajstić information content (AvgIpc) is 2.61. The SMILES string of the molecule is COc1ccc(NC(=O)C(C)C(=O)NN=Cc2cccc(Br)c2)cc1. The van der Waals surface area contributed by atoms with E-state index >= 15 is 0 Å². The predicted molar refractivity (Wildman–Crippen MR) is 101 cm³/mol. The van der Waals surface area contributed by atoms with Gasteiger partial charge in [-0.3, -0.25) is 9.59 Å². The smallest absolute Gasteiger partial charge is 0.252 e. The first kappa shape index (κ1) is 18.7. The molecule has 0 saturated heterocycles. The number of hydrogen-bond donors (Lipinski definition) is 2. The summed E-state index contributed by atoms with van der Waals surface area (Å²) in [6.45, 7) is 1.52. The molecule has 0 aliphatic carbocycles. The Labute approximate surface area is 154 Å². The van der Waals surface area contributed by atoms with E-state index in [1.54, 1.807) is 31.4 Å². The van der Waals surface area contributed by atoms with Gasteiger partial charge in [0, 0.05) is 10.2 Å². The first-order valence-electron chi connectivity index (χ1n) is 7.53. The van der Waals surface area contributed by atoms with Crippen molar-refractivity contribution >= 4 is 39.6 Å². The van der Waals surface area contributed by atoms with E-state index in [1.807, 2.05) is 24.3 Å². The molecule has 130 valence electrons. The predicted octanol–water partition coefficient (Wildman–Crippen LogP) is 3.18. The van der Waals surface area contributed by atoms with Crippen molar-refractivity contribution in [3.8, 4) is 5.75 Å². The maximum Gasteiger partial charge on any atom is 0.252 e. The third-order valence-electron chi connectivity index (χ3n) is 3.38. The van der Waals surface area contributed by atoms with Gasteiger partial charge >= 0.3 is 0 Å². The van der Waals surface area contributed by atoms with Gasteiger partial charge in [-0.15, -0.1) is 0 Å². The Balaban J connectivity index is 1.88. The molecule has 0 fully saturated rings. The normalized spacial score (nSPS) is 11.8. The number of amides is 2. The highest BCUT2D eigenvalue weighted by Crippen LogP contribution is 2.15. The number of rotatable bonds is 6. The van der Waals surface area contributed by atoms with Crippen molar-refractivity contribution in [2.24, 2.45) is 11.0 Å². The van der Waals surface area contributed by atoms with E-state index in [9.17, 15) is 9.59 Å². The zero-order valence-electron chi connectivity index (χ0n) is 13.8. The fourth-order valence-corrected chi connectivity index (χ4v) is 2.32. The van der Waals surface area contributed by atoms with Gasteiger partial charge in [0.25, 0.3) is 5.91 Å². The maximum atomic E-state index is 12.1. The number of hydrogen-bond acceptors (Lipinski definition) is 4. The minimum atomic E-state index is -0.887. The van der Waals surface area contributed by atoms with Gasteiger partial charge in [-0.2, -0.15) is 5.10 Å². The number of methoxy groups -OCH3 is 1. The fraction of sp³-hybridized carbons (Fsp3) is 0.167. The van der Waals surface area contributed by atoms with Gasteiger partial charge in [0.05, 0.1) is 13.3 Å². The third kappa shape index (κ3) is 5.72. The van der Waals surface area contributed by atoms with Crippen molar-refractivity contribution in [2.45, 2.75) is 6.92 Å². The van der Waals surface area contributed by atoms with Gasteiger partial charge in [-0.1, -0.05) is 28.1 Å².